The van der Waals surface area contributed by atoms with Crippen LogP contribution in [0, 0.1) is 0 Å². The van der Waals surface area contributed by atoms with Gasteiger partial charge in [-0.25, -0.2) is 0 Å². The number of benzene rings is 2. The van der Waals surface area contributed by atoms with Gasteiger partial charge < -0.3 is 10.1 Å². The van der Waals surface area contributed by atoms with E-state index in [9.17, 15) is 4.79 Å². The summed E-state index contributed by atoms with van der Waals surface area (Å²) in [6.07, 6.45) is -0.564. The molecule has 1 N–H and O–H groups in total. The first-order valence-electron chi connectivity index (χ1n) is 6.49. The molecule has 21 heavy (non-hydrogen) atoms. The van der Waals surface area contributed by atoms with Gasteiger partial charge in [-0.3, -0.25) is 4.79 Å². The van der Waals surface area contributed by atoms with Crippen molar-refractivity contribution in [2.75, 3.05) is 0 Å². The second-order valence-electron chi connectivity index (χ2n) is 4.56. The molecule has 2 rings (SSSR count). The lowest BCUT2D eigenvalue weighted by Gasteiger charge is -2.15. The molecule has 0 spiro atoms. The van der Waals surface area contributed by atoms with Crippen molar-refractivity contribution in [3.05, 3.63) is 63.6 Å². The topological polar surface area (TPSA) is 38.3 Å². The van der Waals surface area contributed by atoms with Crippen LogP contribution in [0.4, 0.5) is 0 Å². The van der Waals surface area contributed by atoms with Crippen LogP contribution in [-0.2, 0) is 11.3 Å². The lowest BCUT2D eigenvalue weighted by atomic mass is 10.2. The lowest BCUT2D eigenvalue weighted by molar-refractivity contribution is -0.127. The molecule has 0 saturated carbocycles. The molecule has 0 heterocycles. The van der Waals surface area contributed by atoms with Gasteiger partial charge in [0.1, 0.15) is 5.75 Å². The zero-order chi connectivity index (χ0) is 15.2. The predicted octanol–water partition coefficient (Wildman–Crippen LogP) is 4.19. The van der Waals surface area contributed by atoms with E-state index in [2.05, 4.69) is 21.2 Å². The molecular formula is C16H15BrClNO2. The van der Waals surface area contributed by atoms with E-state index in [0.29, 0.717) is 17.3 Å². The van der Waals surface area contributed by atoms with Crippen molar-refractivity contribution in [3.63, 3.8) is 0 Å². The van der Waals surface area contributed by atoms with E-state index in [1.54, 1.807) is 13.0 Å². The molecule has 2 aromatic carbocycles. The maximum atomic E-state index is 12.0. The smallest absolute Gasteiger partial charge is 0.261 e. The molecule has 110 valence electrons. The zero-order valence-corrected chi connectivity index (χ0v) is 13.8. The maximum Gasteiger partial charge on any atom is 0.261 e. The third kappa shape index (κ3) is 5.06. The quantitative estimate of drug-likeness (QED) is 0.859. The molecule has 0 saturated heterocycles. The van der Waals surface area contributed by atoms with Crippen LogP contribution in [0.5, 0.6) is 5.75 Å². The number of carbonyl (C=O) groups is 1. The number of hydrogen-bond donors (Lipinski definition) is 1. The second kappa shape index (κ2) is 7.48. The highest BCUT2D eigenvalue weighted by atomic mass is 79.9. The SMILES string of the molecule is C[C@@H](Oc1ccc(Br)cc1)C(=O)NCc1cccc(Cl)c1. The number of rotatable bonds is 5. The monoisotopic (exact) mass is 367 g/mol. The van der Waals surface area contributed by atoms with Gasteiger partial charge in [-0.15, -0.1) is 0 Å². The van der Waals surface area contributed by atoms with Crippen molar-refractivity contribution in [1.82, 2.24) is 5.32 Å². The summed E-state index contributed by atoms with van der Waals surface area (Å²) in [7, 11) is 0. The molecule has 0 unspecified atom stereocenters. The fourth-order valence-corrected chi connectivity index (χ4v) is 2.23. The van der Waals surface area contributed by atoms with Gasteiger partial charge in [-0.05, 0) is 48.9 Å². The normalized spacial score (nSPS) is 11.8. The Morgan fingerprint density at radius 2 is 2.00 bits per heavy atom. The summed E-state index contributed by atoms with van der Waals surface area (Å²) in [5.74, 6) is 0.487. The molecular weight excluding hydrogens is 354 g/mol. The third-order valence-corrected chi connectivity index (χ3v) is 3.62. The number of halogens is 2. The van der Waals surface area contributed by atoms with Gasteiger partial charge in [0.05, 0.1) is 0 Å². The zero-order valence-electron chi connectivity index (χ0n) is 11.5. The average Bonchev–Trinajstić information content (AvgIpc) is 2.47. The fraction of sp³-hybridized carbons (Fsp3) is 0.188. The van der Waals surface area contributed by atoms with Crippen LogP contribution < -0.4 is 10.1 Å². The predicted molar refractivity (Wildman–Crippen MR) is 87.5 cm³/mol. The minimum atomic E-state index is -0.564. The van der Waals surface area contributed by atoms with Crippen molar-refractivity contribution in [2.45, 2.75) is 19.6 Å². The summed E-state index contributed by atoms with van der Waals surface area (Å²) >= 11 is 9.25. The molecule has 0 fully saturated rings. The number of carbonyl (C=O) groups excluding carboxylic acids is 1. The van der Waals surface area contributed by atoms with Gasteiger partial charge in [0, 0.05) is 16.0 Å². The molecule has 0 aliphatic rings. The first-order valence-corrected chi connectivity index (χ1v) is 7.66. The molecule has 2 aromatic rings. The summed E-state index contributed by atoms with van der Waals surface area (Å²) in [4.78, 5) is 12.0. The van der Waals surface area contributed by atoms with Crippen molar-refractivity contribution in [3.8, 4) is 5.75 Å². The fourth-order valence-electron chi connectivity index (χ4n) is 1.75. The Morgan fingerprint density at radius 1 is 1.29 bits per heavy atom. The summed E-state index contributed by atoms with van der Waals surface area (Å²) in [6, 6.07) is 14.7. The van der Waals surface area contributed by atoms with Gasteiger partial charge in [0.25, 0.3) is 5.91 Å². The van der Waals surface area contributed by atoms with Gasteiger partial charge >= 0.3 is 0 Å². The minimum Gasteiger partial charge on any atom is -0.481 e. The van der Waals surface area contributed by atoms with Crippen molar-refractivity contribution in [2.24, 2.45) is 0 Å². The molecule has 3 nitrogen and oxygen atoms in total. The van der Waals surface area contributed by atoms with Crippen LogP contribution in [0.25, 0.3) is 0 Å². The van der Waals surface area contributed by atoms with E-state index < -0.39 is 6.10 Å². The molecule has 1 atom stereocenters. The van der Waals surface area contributed by atoms with Gasteiger partial charge in [-0.1, -0.05) is 39.7 Å². The Kier molecular flexibility index (Phi) is 5.65. The second-order valence-corrected chi connectivity index (χ2v) is 5.91. The third-order valence-electron chi connectivity index (χ3n) is 2.85. The first-order chi connectivity index (χ1) is 10.0. The highest BCUT2D eigenvalue weighted by molar-refractivity contribution is 9.10. The Labute approximate surface area is 137 Å². The van der Waals surface area contributed by atoms with E-state index in [4.69, 9.17) is 16.3 Å². The van der Waals surface area contributed by atoms with E-state index >= 15 is 0 Å². The van der Waals surface area contributed by atoms with Crippen LogP contribution in [-0.4, -0.2) is 12.0 Å². The highest BCUT2D eigenvalue weighted by Gasteiger charge is 2.14. The van der Waals surface area contributed by atoms with Gasteiger partial charge in [0.15, 0.2) is 6.10 Å². The molecule has 5 heteroatoms. The Balaban J connectivity index is 1.86. The Morgan fingerprint density at radius 3 is 2.67 bits per heavy atom. The van der Waals surface area contributed by atoms with Crippen LogP contribution in [0.2, 0.25) is 5.02 Å². The standard InChI is InChI=1S/C16H15BrClNO2/c1-11(21-15-7-5-13(17)6-8-15)16(20)19-10-12-3-2-4-14(18)9-12/h2-9,11H,10H2,1H3,(H,19,20)/t11-/m1/s1. The van der Waals surface area contributed by atoms with E-state index in [1.165, 1.54) is 0 Å². The van der Waals surface area contributed by atoms with Crippen molar-refractivity contribution < 1.29 is 9.53 Å². The summed E-state index contributed by atoms with van der Waals surface area (Å²) in [5.41, 5.74) is 0.951. The molecule has 1 amide bonds. The maximum absolute atomic E-state index is 12.0. The van der Waals surface area contributed by atoms with Crippen LogP contribution in [0.3, 0.4) is 0 Å². The van der Waals surface area contributed by atoms with Crippen molar-refractivity contribution in [1.29, 1.82) is 0 Å². The van der Waals surface area contributed by atoms with Crippen LogP contribution >= 0.6 is 27.5 Å². The Hall–Kier alpha value is -1.52. The van der Waals surface area contributed by atoms with Gasteiger partial charge in [-0.2, -0.15) is 0 Å². The minimum absolute atomic E-state index is 0.169. The number of ether oxygens (including phenoxy) is 1. The summed E-state index contributed by atoms with van der Waals surface area (Å²) in [5, 5.41) is 3.48. The van der Waals surface area contributed by atoms with E-state index in [-0.39, 0.29) is 5.91 Å². The average molecular weight is 369 g/mol. The molecule has 0 aliphatic carbocycles. The molecule has 0 radical (unpaired) electrons. The van der Waals surface area contributed by atoms with E-state index in [0.717, 1.165) is 10.0 Å². The van der Waals surface area contributed by atoms with Crippen molar-refractivity contribution >= 4 is 33.4 Å². The molecule has 0 aliphatic heterocycles. The highest BCUT2D eigenvalue weighted by Crippen LogP contribution is 2.17. The van der Waals surface area contributed by atoms with Gasteiger partial charge in [0.2, 0.25) is 0 Å². The summed E-state index contributed by atoms with van der Waals surface area (Å²) in [6.45, 7) is 2.14. The largest absolute Gasteiger partial charge is 0.481 e. The Bertz CT molecular complexity index is 616. The molecule has 0 bridgehead atoms. The first kappa shape index (κ1) is 15.9. The molecule has 0 aromatic heterocycles. The number of amides is 1. The van der Waals surface area contributed by atoms with Crippen LogP contribution in [0.15, 0.2) is 53.0 Å². The number of hydrogen-bond acceptors (Lipinski definition) is 2. The number of nitrogens with one attached hydrogen (secondary N) is 1. The van der Waals surface area contributed by atoms with Crippen LogP contribution in [0.1, 0.15) is 12.5 Å². The summed E-state index contributed by atoms with van der Waals surface area (Å²) < 4.78 is 6.55. The lowest BCUT2D eigenvalue weighted by Crippen LogP contribution is -2.35. The van der Waals surface area contributed by atoms with E-state index in [1.807, 2.05) is 42.5 Å².